The van der Waals surface area contributed by atoms with Crippen LogP contribution in [-0.2, 0) is 23.0 Å². The van der Waals surface area contributed by atoms with Crippen molar-refractivity contribution in [2.45, 2.75) is 26.3 Å². The third-order valence-corrected chi connectivity index (χ3v) is 5.61. The van der Waals surface area contributed by atoms with E-state index in [1.54, 1.807) is 10.5 Å². The predicted octanol–water partition coefficient (Wildman–Crippen LogP) is 1.79. The molecule has 0 unspecified atom stereocenters. The fraction of sp³-hybridized carbons (Fsp3) is 0.500. The second-order valence-corrected chi connectivity index (χ2v) is 8.04. The summed E-state index contributed by atoms with van der Waals surface area (Å²) in [6.45, 7) is 4.10. The van der Waals surface area contributed by atoms with E-state index in [9.17, 15) is 8.42 Å². The van der Waals surface area contributed by atoms with Gasteiger partial charge in [-0.3, -0.25) is 9.67 Å². The third kappa shape index (κ3) is 3.61. The van der Waals surface area contributed by atoms with E-state index in [2.05, 4.69) is 23.1 Å². The highest BCUT2D eigenvalue weighted by molar-refractivity contribution is 7.88. The molecule has 3 heterocycles. The van der Waals surface area contributed by atoms with E-state index in [4.69, 9.17) is 0 Å². The Morgan fingerprint density at radius 2 is 2.13 bits per heavy atom. The van der Waals surface area contributed by atoms with Crippen LogP contribution in [0.5, 0.6) is 0 Å². The molecule has 1 saturated heterocycles. The van der Waals surface area contributed by atoms with Crippen LogP contribution in [0.15, 0.2) is 30.6 Å². The molecule has 7 heteroatoms. The Morgan fingerprint density at radius 1 is 1.30 bits per heavy atom. The lowest BCUT2D eigenvalue weighted by Crippen LogP contribution is -2.27. The van der Waals surface area contributed by atoms with Crippen molar-refractivity contribution in [3.8, 4) is 11.4 Å². The van der Waals surface area contributed by atoms with Crippen molar-refractivity contribution in [1.82, 2.24) is 19.1 Å². The molecule has 0 aliphatic carbocycles. The van der Waals surface area contributed by atoms with E-state index in [0.29, 0.717) is 19.0 Å². The van der Waals surface area contributed by atoms with Gasteiger partial charge in [0.05, 0.1) is 17.6 Å². The Balaban J connectivity index is 1.74. The average molecular weight is 334 g/mol. The maximum atomic E-state index is 11.6. The van der Waals surface area contributed by atoms with E-state index in [1.165, 1.54) is 11.8 Å². The van der Waals surface area contributed by atoms with Crippen molar-refractivity contribution in [2.24, 2.45) is 5.92 Å². The molecule has 6 nitrogen and oxygen atoms in total. The fourth-order valence-corrected chi connectivity index (χ4v) is 4.06. The van der Waals surface area contributed by atoms with E-state index in [1.807, 2.05) is 23.0 Å². The summed E-state index contributed by atoms with van der Waals surface area (Å²) in [5.41, 5.74) is 3.12. The van der Waals surface area contributed by atoms with Crippen LogP contribution in [0.2, 0.25) is 0 Å². The van der Waals surface area contributed by atoms with Gasteiger partial charge in [-0.2, -0.15) is 5.10 Å². The summed E-state index contributed by atoms with van der Waals surface area (Å²) in [6, 6.07) is 6.07. The maximum absolute atomic E-state index is 11.6. The van der Waals surface area contributed by atoms with Crippen molar-refractivity contribution in [1.29, 1.82) is 0 Å². The van der Waals surface area contributed by atoms with Crippen LogP contribution in [0.4, 0.5) is 0 Å². The third-order valence-electron chi connectivity index (χ3n) is 4.34. The number of hydrogen-bond acceptors (Lipinski definition) is 4. The lowest BCUT2D eigenvalue weighted by Gasteiger charge is -2.13. The quantitative estimate of drug-likeness (QED) is 0.836. The number of nitrogens with zero attached hydrogens (tertiary/aromatic N) is 4. The molecule has 0 N–H and O–H groups in total. The van der Waals surface area contributed by atoms with Gasteiger partial charge in [-0.25, -0.2) is 12.7 Å². The zero-order valence-electron chi connectivity index (χ0n) is 13.5. The summed E-state index contributed by atoms with van der Waals surface area (Å²) < 4.78 is 26.7. The summed E-state index contributed by atoms with van der Waals surface area (Å²) in [6.07, 6.45) is 6.68. The summed E-state index contributed by atoms with van der Waals surface area (Å²) in [4.78, 5) is 4.45. The number of hydrogen-bond donors (Lipinski definition) is 0. The smallest absolute Gasteiger partial charge is 0.211 e. The van der Waals surface area contributed by atoms with Crippen molar-refractivity contribution < 1.29 is 8.42 Å². The number of rotatable bonds is 5. The standard InChI is InChI=1S/C16H22N4O2S/c1-3-20-16(5-8-18-20)15-11-13(4-7-17-15)10-14-6-9-19(12-14)23(2,21)22/h4-5,7-8,11,14H,3,6,9-10,12H2,1-2H3/t14-/m1/s1. The molecule has 0 aromatic carbocycles. The van der Waals surface area contributed by atoms with Crippen LogP contribution >= 0.6 is 0 Å². The van der Waals surface area contributed by atoms with Crippen LogP contribution in [0.3, 0.4) is 0 Å². The van der Waals surface area contributed by atoms with Gasteiger partial charge in [0.25, 0.3) is 0 Å². The molecule has 1 atom stereocenters. The monoisotopic (exact) mass is 334 g/mol. The average Bonchev–Trinajstić information content (AvgIpc) is 3.15. The summed E-state index contributed by atoms with van der Waals surface area (Å²) >= 11 is 0. The largest absolute Gasteiger partial charge is 0.264 e. The van der Waals surface area contributed by atoms with Gasteiger partial charge in [0.1, 0.15) is 0 Å². The molecule has 0 spiro atoms. The molecule has 3 rings (SSSR count). The molecule has 1 fully saturated rings. The van der Waals surface area contributed by atoms with Gasteiger partial charge < -0.3 is 0 Å². The van der Waals surface area contributed by atoms with Crippen LogP contribution in [-0.4, -0.2) is 46.8 Å². The van der Waals surface area contributed by atoms with E-state index in [-0.39, 0.29) is 0 Å². The Kier molecular flexibility index (Phi) is 4.50. The van der Waals surface area contributed by atoms with Gasteiger partial charge >= 0.3 is 0 Å². The number of sulfonamides is 1. The Labute approximate surface area is 137 Å². The van der Waals surface area contributed by atoms with Crippen LogP contribution in [0, 0.1) is 5.92 Å². The lowest BCUT2D eigenvalue weighted by atomic mass is 9.99. The predicted molar refractivity (Wildman–Crippen MR) is 89.4 cm³/mol. The molecule has 0 radical (unpaired) electrons. The first-order chi connectivity index (χ1) is 11.0. The highest BCUT2D eigenvalue weighted by Crippen LogP contribution is 2.24. The van der Waals surface area contributed by atoms with Gasteiger partial charge in [0, 0.05) is 32.0 Å². The van der Waals surface area contributed by atoms with Gasteiger partial charge in [0.2, 0.25) is 10.0 Å². The van der Waals surface area contributed by atoms with Crippen LogP contribution in [0.1, 0.15) is 18.9 Å². The topological polar surface area (TPSA) is 68.1 Å². The van der Waals surface area contributed by atoms with E-state index in [0.717, 1.165) is 30.8 Å². The first kappa shape index (κ1) is 16.1. The maximum Gasteiger partial charge on any atom is 0.211 e. The summed E-state index contributed by atoms with van der Waals surface area (Å²) in [7, 11) is -3.07. The minimum atomic E-state index is -3.07. The molecule has 2 aromatic rings. The molecule has 1 aliphatic heterocycles. The molecule has 0 saturated carbocycles. The Bertz CT molecular complexity index is 785. The lowest BCUT2D eigenvalue weighted by molar-refractivity contribution is 0.460. The first-order valence-electron chi connectivity index (χ1n) is 7.89. The van der Waals surface area contributed by atoms with Gasteiger partial charge in [-0.15, -0.1) is 0 Å². The molecule has 124 valence electrons. The minimum absolute atomic E-state index is 0.371. The van der Waals surface area contributed by atoms with Crippen LogP contribution in [0.25, 0.3) is 11.4 Å². The molecule has 0 amide bonds. The summed E-state index contributed by atoms with van der Waals surface area (Å²) in [5, 5.41) is 4.28. The highest BCUT2D eigenvalue weighted by atomic mass is 32.2. The second-order valence-electron chi connectivity index (χ2n) is 6.06. The van der Waals surface area contributed by atoms with Crippen molar-refractivity contribution in [3.05, 3.63) is 36.2 Å². The molecule has 1 aliphatic rings. The van der Waals surface area contributed by atoms with Gasteiger partial charge in [0.15, 0.2) is 0 Å². The number of aromatic nitrogens is 3. The van der Waals surface area contributed by atoms with E-state index < -0.39 is 10.0 Å². The Morgan fingerprint density at radius 3 is 2.83 bits per heavy atom. The number of aryl methyl sites for hydroxylation is 1. The molecule has 2 aromatic heterocycles. The highest BCUT2D eigenvalue weighted by Gasteiger charge is 2.28. The SMILES string of the molecule is CCn1nccc1-c1cc(C[C@H]2CCN(S(C)(=O)=O)C2)ccn1. The van der Waals surface area contributed by atoms with Crippen LogP contribution < -0.4 is 0 Å². The first-order valence-corrected chi connectivity index (χ1v) is 9.74. The fourth-order valence-electron chi connectivity index (χ4n) is 3.14. The van der Waals surface area contributed by atoms with Gasteiger partial charge in [-0.05, 0) is 49.4 Å². The Hall–Kier alpha value is -1.73. The van der Waals surface area contributed by atoms with Crippen molar-refractivity contribution >= 4 is 10.0 Å². The zero-order chi connectivity index (χ0) is 16.4. The molecular weight excluding hydrogens is 312 g/mol. The second kappa shape index (κ2) is 6.41. The van der Waals surface area contributed by atoms with E-state index >= 15 is 0 Å². The zero-order valence-corrected chi connectivity index (χ0v) is 14.3. The molecular formula is C16H22N4O2S. The number of pyridine rings is 1. The van der Waals surface area contributed by atoms with Gasteiger partial charge in [-0.1, -0.05) is 0 Å². The molecule has 23 heavy (non-hydrogen) atoms. The molecule has 0 bridgehead atoms. The van der Waals surface area contributed by atoms with Crippen molar-refractivity contribution in [2.75, 3.05) is 19.3 Å². The summed E-state index contributed by atoms with van der Waals surface area (Å²) in [5.74, 6) is 0.371. The van der Waals surface area contributed by atoms with Crippen molar-refractivity contribution in [3.63, 3.8) is 0 Å². The normalized spacial score (nSPS) is 19.3. The minimum Gasteiger partial charge on any atom is -0.264 e.